The van der Waals surface area contributed by atoms with Gasteiger partial charge in [-0.25, -0.2) is 9.13 Å². The molecule has 0 radical (unpaired) electrons. The highest BCUT2D eigenvalue weighted by Gasteiger charge is 2.30. The third kappa shape index (κ3) is 75.2. The standard InChI is InChI=1S/C85H142O17P2/c1-5-9-13-17-21-25-29-33-36-38-39-41-43-47-50-54-58-62-66-70-83(88)96-76-81(102-85(90)72-68-64-60-56-52-48-44-40-37-34-30-26-22-18-14-10-6-2)78-100-104(93,94)98-74-79(86)73-97-103(91,92)99-77-80(101-84(89)71-67-63-59-55-51-45-32-28-24-20-16-12-8-4)75-95-82(87)69-65-61-57-53-49-46-42-35-31-27-23-19-15-11-7-3/h9-10,13-14,16,20-22,25-26,28,32-34,36-37,39,41,44,47-48,50,56,60,79-81,86H,5-8,11-12,15,17-19,23-24,27,29-31,35,38,40,42-43,45-46,49,51-55,57-59,61-78H2,1-4H3,(H,91,92)(H,93,94)/b13-9-,14-10-,20-16-,25-21-,26-22-,32-28-,36-33-,37-34-,41-39-,48-44-,50-47-,60-56-. The third-order valence-corrected chi connectivity index (χ3v) is 18.2. The first-order valence-electron chi connectivity index (χ1n) is 40.1. The number of unbranched alkanes of at least 4 members (excludes halogenated alkanes) is 24. The first kappa shape index (κ1) is 98.9. The van der Waals surface area contributed by atoms with Crippen molar-refractivity contribution in [3.8, 4) is 0 Å². The Bertz CT molecular complexity index is 2540. The van der Waals surface area contributed by atoms with E-state index in [1.807, 2.05) is 12.2 Å². The number of hydrogen-bond donors (Lipinski definition) is 3. The molecule has 5 atom stereocenters. The molecule has 0 saturated carbocycles. The molecule has 0 heterocycles. The number of esters is 4. The molecular formula is C85H142O17P2. The molecule has 0 amide bonds. The second-order valence-corrected chi connectivity index (χ2v) is 29.2. The summed E-state index contributed by atoms with van der Waals surface area (Å²) in [6.45, 7) is 4.48. The Morgan fingerprint density at radius 3 is 0.856 bits per heavy atom. The van der Waals surface area contributed by atoms with E-state index >= 15 is 0 Å². The van der Waals surface area contributed by atoms with E-state index < -0.39 is 97.5 Å². The molecule has 5 unspecified atom stereocenters. The van der Waals surface area contributed by atoms with Crippen molar-refractivity contribution >= 4 is 39.5 Å². The monoisotopic (exact) mass is 1500 g/mol. The quantitative estimate of drug-likeness (QED) is 0.0169. The van der Waals surface area contributed by atoms with E-state index in [0.29, 0.717) is 32.1 Å². The van der Waals surface area contributed by atoms with E-state index in [2.05, 4.69) is 161 Å². The summed E-state index contributed by atoms with van der Waals surface area (Å²) in [7, 11) is -9.99. The first-order chi connectivity index (χ1) is 50.7. The van der Waals surface area contributed by atoms with Crippen molar-refractivity contribution in [2.45, 2.75) is 329 Å². The first-order valence-corrected chi connectivity index (χ1v) is 43.1. The van der Waals surface area contributed by atoms with Crippen LogP contribution in [0.25, 0.3) is 0 Å². The van der Waals surface area contributed by atoms with Crippen LogP contribution in [0.1, 0.15) is 310 Å². The van der Waals surface area contributed by atoms with Crippen LogP contribution in [-0.2, 0) is 65.4 Å². The van der Waals surface area contributed by atoms with E-state index in [1.54, 1.807) is 0 Å². The minimum atomic E-state index is -5.01. The number of phosphoric ester groups is 2. The normalized spacial score (nSPS) is 14.6. The van der Waals surface area contributed by atoms with E-state index in [4.69, 9.17) is 37.0 Å². The van der Waals surface area contributed by atoms with Crippen molar-refractivity contribution in [2.24, 2.45) is 0 Å². The van der Waals surface area contributed by atoms with E-state index in [-0.39, 0.29) is 25.7 Å². The largest absolute Gasteiger partial charge is 0.472 e. The minimum absolute atomic E-state index is 0.00433. The van der Waals surface area contributed by atoms with Crippen molar-refractivity contribution < 1.29 is 80.2 Å². The number of carbonyl (C=O) groups is 4. The molecule has 3 N–H and O–H groups in total. The van der Waals surface area contributed by atoms with Crippen molar-refractivity contribution in [1.82, 2.24) is 0 Å². The number of allylic oxidation sites excluding steroid dienone is 24. The number of ether oxygens (including phenoxy) is 4. The van der Waals surface area contributed by atoms with Gasteiger partial charge in [0.25, 0.3) is 0 Å². The number of aliphatic hydroxyl groups is 1. The topological polar surface area (TPSA) is 237 Å². The average molecular weight is 1500 g/mol. The number of rotatable bonds is 74. The second-order valence-electron chi connectivity index (χ2n) is 26.2. The summed E-state index contributed by atoms with van der Waals surface area (Å²) in [4.78, 5) is 73.0. The lowest BCUT2D eigenvalue weighted by atomic mass is 10.0. The average Bonchev–Trinajstić information content (AvgIpc) is 0.911. The number of carbonyl (C=O) groups excluding carboxylic acids is 4. The number of phosphoric acid groups is 2. The molecule has 0 aromatic heterocycles. The lowest BCUT2D eigenvalue weighted by Crippen LogP contribution is -2.30. The van der Waals surface area contributed by atoms with Crippen LogP contribution >= 0.6 is 15.6 Å². The Labute approximate surface area is 630 Å². The highest BCUT2D eigenvalue weighted by molar-refractivity contribution is 7.47. The molecule has 0 aliphatic heterocycles. The Morgan fingerprint density at radius 2 is 0.529 bits per heavy atom. The molecule has 17 nitrogen and oxygen atoms in total. The maximum Gasteiger partial charge on any atom is 0.472 e. The maximum absolute atomic E-state index is 13.1. The molecule has 0 saturated heterocycles. The zero-order valence-electron chi connectivity index (χ0n) is 64.9. The Morgan fingerprint density at radius 1 is 0.279 bits per heavy atom. The van der Waals surface area contributed by atoms with Crippen LogP contribution in [-0.4, -0.2) is 96.7 Å². The molecule has 0 aliphatic carbocycles. The zero-order chi connectivity index (χ0) is 76.0. The molecule has 104 heavy (non-hydrogen) atoms. The summed E-state index contributed by atoms with van der Waals surface area (Å²) in [5.41, 5.74) is 0. The van der Waals surface area contributed by atoms with Gasteiger partial charge in [-0.2, -0.15) is 0 Å². The smallest absolute Gasteiger partial charge is 0.462 e. The van der Waals surface area contributed by atoms with Crippen LogP contribution < -0.4 is 0 Å². The van der Waals surface area contributed by atoms with Gasteiger partial charge in [0.05, 0.1) is 26.4 Å². The molecule has 0 bridgehead atoms. The van der Waals surface area contributed by atoms with Crippen LogP contribution in [0, 0.1) is 0 Å². The summed E-state index contributed by atoms with van der Waals surface area (Å²) < 4.78 is 68.5. The SMILES string of the molecule is CC/C=C\C/C=C\C/C=C\C/C=C\C/C=C\CCCCCC(=O)OCC(COP(=O)(O)OCC(O)COP(=O)(O)OCC(COC(=O)CCCCCCCCCCCCCCCCC)OC(=O)CCCCCCC/C=C\C/C=C\CCC)OC(=O)CCC/C=C\C/C=C\C/C=C\C/C=C\C/C=C\CC. The van der Waals surface area contributed by atoms with Crippen LogP contribution in [0.2, 0.25) is 0 Å². The Kier molecular flexibility index (Phi) is 72.4. The van der Waals surface area contributed by atoms with Gasteiger partial charge in [0.1, 0.15) is 19.3 Å². The van der Waals surface area contributed by atoms with Gasteiger partial charge >= 0.3 is 39.5 Å². The van der Waals surface area contributed by atoms with Crippen LogP contribution in [0.4, 0.5) is 0 Å². The Balaban J connectivity index is 5.45. The van der Waals surface area contributed by atoms with E-state index in [9.17, 15) is 43.2 Å². The predicted molar refractivity (Wildman–Crippen MR) is 427 cm³/mol. The lowest BCUT2D eigenvalue weighted by molar-refractivity contribution is -0.161. The van der Waals surface area contributed by atoms with Gasteiger partial charge in [0.2, 0.25) is 0 Å². The third-order valence-electron chi connectivity index (χ3n) is 16.3. The summed E-state index contributed by atoms with van der Waals surface area (Å²) in [5.74, 6) is -2.29. The Hall–Kier alpha value is -5.06. The highest BCUT2D eigenvalue weighted by Crippen LogP contribution is 2.45. The van der Waals surface area contributed by atoms with E-state index in [1.165, 1.54) is 70.6 Å². The minimum Gasteiger partial charge on any atom is -0.462 e. The van der Waals surface area contributed by atoms with Crippen molar-refractivity contribution in [1.29, 1.82) is 0 Å². The second kappa shape index (κ2) is 76.1. The lowest BCUT2D eigenvalue weighted by Gasteiger charge is -2.21. The molecule has 0 aromatic carbocycles. The van der Waals surface area contributed by atoms with Crippen molar-refractivity contribution in [3.05, 3.63) is 146 Å². The fourth-order valence-electron chi connectivity index (χ4n) is 10.3. The molecule has 0 spiro atoms. The summed E-state index contributed by atoms with van der Waals surface area (Å²) in [5, 5.41) is 10.6. The van der Waals surface area contributed by atoms with Gasteiger partial charge in [-0.15, -0.1) is 0 Å². The summed E-state index contributed by atoms with van der Waals surface area (Å²) in [6.07, 6.45) is 86.9. The van der Waals surface area contributed by atoms with Gasteiger partial charge in [0, 0.05) is 25.7 Å². The maximum atomic E-state index is 13.1. The van der Waals surface area contributed by atoms with Gasteiger partial charge in [-0.1, -0.05) is 296 Å². The summed E-state index contributed by atoms with van der Waals surface area (Å²) in [6, 6.07) is 0. The molecule has 594 valence electrons. The molecule has 0 aromatic rings. The molecule has 0 rings (SSSR count). The fourth-order valence-corrected chi connectivity index (χ4v) is 11.8. The van der Waals surface area contributed by atoms with Gasteiger partial charge in [-0.3, -0.25) is 37.3 Å². The number of aliphatic hydroxyl groups excluding tert-OH is 1. The molecule has 0 aliphatic rings. The van der Waals surface area contributed by atoms with Crippen LogP contribution in [0.3, 0.4) is 0 Å². The molecule has 19 heteroatoms. The fraction of sp³-hybridized carbons (Fsp3) is 0.671. The van der Waals surface area contributed by atoms with Crippen molar-refractivity contribution in [2.75, 3.05) is 39.6 Å². The zero-order valence-corrected chi connectivity index (χ0v) is 66.7. The highest BCUT2D eigenvalue weighted by atomic mass is 31.2. The van der Waals surface area contributed by atoms with Gasteiger partial charge in [-0.05, 0) is 135 Å². The van der Waals surface area contributed by atoms with Gasteiger partial charge in [0.15, 0.2) is 12.2 Å². The van der Waals surface area contributed by atoms with Crippen LogP contribution in [0.5, 0.6) is 0 Å². The van der Waals surface area contributed by atoms with E-state index in [0.717, 1.165) is 154 Å². The van der Waals surface area contributed by atoms with Crippen molar-refractivity contribution in [3.63, 3.8) is 0 Å². The van der Waals surface area contributed by atoms with Gasteiger partial charge < -0.3 is 33.8 Å². The number of hydrogen-bond acceptors (Lipinski definition) is 15. The predicted octanol–water partition coefficient (Wildman–Crippen LogP) is 23.4. The summed E-state index contributed by atoms with van der Waals surface area (Å²) >= 11 is 0. The molecular weight excluding hydrogens is 1350 g/mol. The van der Waals surface area contributed by atoms with Crippen LogP contribution in [0.15, 0.2) is 146 Å². The molecule has 0 fully saturated rings.